The minimum Gasteiger partial charge on any atom is -0.381 e. The van der Waals surface area contributed by atoms with E-state index in [1.807, 2.05) is 0 Å². The van der Waals surface area contributed by atoms with Gasteiger partial charge in [0, 0.05) is 13.0 Å². The third-order valence-corrected chi connectivity index (χ3v) is 2.49. The maximum atomic E-state index is 10.8. The Bertz CT molecular complexity index is 173. The number of ether oxygens (including phenoxy) is 1. The largest absolute Gasteiger partial charge is 0.381 e. The molecule has 0 rings (SSSR count). The molecule has 1 atom stereocenters. The number of hydrogen-bond donors (Lipinski definition) is 0. The summed E-state index contributed by atoms with van der Waals surface area (Å²) in [5.74, 6) is 0.594. The van der Waals surface area contributed by atoms with Crippen molar-refractivity contribution >= 4 is 5.78 Å². The van der Waals surface area contributed by atoms with E-state index in [4.69, 9.17) is 4.74 Å². The topological polar surface area (TPSA) is 26.3 Å². The molecule has 0 radical (unpaired) electrons. The molecule has 0 saturated carbocycles. The van der Waals surface area contributed by atoms with Crippen LogP contribution in [0, 0.1) is 11.3 Å². The normalized spacial score (nSPS) is 14.1. The van der Waals surface area contributed by atoms with Gasteiger partial charge in [-0.3, -0.25) is 0 Å². The Morgan fingerprint density at radius 3 is 2.43 bits per heavy atom. The van der Waals surface area contributed by atoms with Crippen molar-refractivity contribution in [1.82, 2.24) is 0 Å². The average Bonchev–Trinajstić information content (AvgIpc) is 2.02. The van der Waals surface area contributed by atoms with Crippen LogP contribution in [0.5, 0.6) is 0 Å². The molecule has 1 unspecified atom stereocenters. The van der Waals surface area contributed by atoms with E-state index in [0.717, 1.165) is 13.0 Å². The second-order valence-electron chi connectivity index (χ2n) is 5.04. The molecule has 84 valence electrons. The first-order valence-corrected chi connectivity index (χ1v) is 5.44. The third-order valence-electron chi connectivity index (χ3n) is 2.49. The summed E-state index contributed by atoms with van der Waals surface area (Å²) in [7, 11) is 0. The molecule has 0 aliphatic heterocycles. The first kappa shape index (κ1) is 13.6. The summed E-state index contributed by atoms with van der Waals surface area (Å²) in [6.45, 7) is 11.7. The fourth-order valence-corrected chi connectivity index (χ4v) is 1.19. The quantitative estimate of drug-likeness (QED) is 0.631. The van der Waals surface area contributed by atoms with E-state index in [0.29, 0.717) is 18.9 Å². The van der Waals surface area contributed by atoms with Crippen LogP contribution in [-0.4, -0.2) is 19.0 Å². The maximum Gasteiger partial charge on any atom is 0.130 e. The molecule has 0 bridgehead atoms. The Hall–Kier alpha value is -0.370. The molecule has 0 heterocycles. The number of rotatable bonds is 7. The second kappa shape index (κ2) is 6.18. The molecule has 0 aromatic carbocycles. The van der Waals surface area contributed by atoms with Crippen LogP contribution in [0.3, 0.4) is 0 Å². The van der Waals surface area contributed by atoms with Gasteiger partial charge < -0.3 is 9.53 Å². The van der Waals surface area contributed by atoms with E-state index in [9.17, 15) is 4.79 Å². The first-order chi connectivity index (χ1) is 6.37. The van der Waals surface area contributed by atoms with Crippen LogP contribution < -0.4 is 0 Å². The van der Waals surface area contributed by atoms with Crippen LogP contribution in [0.15, 0.2) is 0 Å². The Morgan fingerprint density at radius 1 is 1.43 bits per heavy atom. The van der Waals surface area contributed by atoms with Gasteiger partial charge in [-0.2, -0.15) is 0 Å². The van der Waals surface area contributed by atoms with Crippen molar-refractivity contribution < 1.29 is 9.53 Å². The van der Waals surface area contributed by atoms with Gasteiger partial charge in [0.05, 0.1) is 6.61 Å². The maximum absolute atomic E-state index is 10.8. The van der Waals surface area contributed by atoms with Crippen LogP contribution in [-0.2, 0) is 9.53 Å². The molecule has 0 aliphatic rings. The van der Waals surface area contributed by atoms with Crippen molar-refractivity contribution in [1.29, 1.82) is 0 Å². The molecule has 14 heavy (non-hydrogen) atoms. The van der Waals surface area contributed by atoms with Gasteiger partial charge in [-0.1, -0.05) is 27.7 Å². The molecular weight excluding hydrogens is 176 g/mol. The lowest BCUT2D eigenvalue weighted by atomic mass is 9.92. The van der Waals surface area contributed by atoms with Gasteiger partial charge in [0.15, 0.2) is 0 Å². The number of hydrogen-bond acceptors (Lipinski definition) is 2. The predicted octanol–water partition coefficient (Wildman–Crippen LogP) is 3.05. The van der Waals surface area contributed by atoms with Crippen LogP contribution in [0.4, 0.5) is 0 Å². The second-order valence-corrected chi connectivity index (χ2v) is 5.04. The summed E-state index contributed by atoms with van der Waals surface area (Å²) in [6.07, 6.45) is 1.75. The van der Waals surface area contributed by atoms with Crippen molar-refractivity contribution in [2.24, 2.45) is 11.3 Å². The minimum absolute atomic E-state index is 0.246. The third kappa shape index (κ3) is 7.07. The first-order valence-electron chi connectivity index (χ1n) is 5.44. The minimum atomic E-state index is 0.246. The summed E-state index contributed by atoms with van der Waals surface area (Å²) in [5, 5.41) is 0. The monoisotopic (exact) mass is 200 g/mol. The molecule has 2 heteroatoms. The number of carbonyl (C=O) groups excluding carboxylic acids is 1. The lowest BCUT2D eigenvalue weighted by Gasteiger charge is -2.23. The fourth-order valence-electron chi connectivity index (χ4n) is 1.19. The summed E-state index contributed by atoms with van der Waals surface area (Å²) in [5.41, 5.74) is 0.260. The Kier molecular flexibility index (Phi) is 6.01. The summed E-state index contributed by atoms with van der Waals surface area (Å²) in [6, 6.07) is 0. The zero-order chi connectivity index (χ0) is 11.2. The number of carbonyl (C=O) groups is 1. The van der Waals surface area contributed by atoms with Gasteiger partial charge in [-0.25, -0.2) is 0 Å². The highest BCUT2D eigenvalue weighted by molar-refractivity contribution is 5.75. The molecule has 0 N–H and O–H groups in total. The Balaban J connectivity index is 3.58. The lowest BCUT2D eigenvalue weighted by molar-refractivity contribution is -0.118. The molecule has 0 aliphatic carbocycles. The standard InChI is InChI=1S/C12H24O2/c1-6-12(4,5)9-14-8-10(2)7-11(3)13/h10H,6-9H2,1-5H3. The van der Waals surface area contributed by atoms with E-state index >= 15 is 0 Å². The van der Waals surface area contributed by atoms with Gasteiger partial charge in [0.1, 0.15) is 5.78 Å². The SMILES string of the molecule is CCC(C)(C)COCC(C)CC(C)=O. The average molecular weight is 200 g/mol. The lowest BCUT2D eigenvalue weighted by Crippen LogP contribution is -2.20. The van der Waals surface area contributed by atoms with Crippen LogP contribution in [0.2, 0.25) is 0 Å². The fraction of sp³-hybridized carbons (Fsp3) is 0.917. The van der Waals surface area contributed by atoms with E-state index in [1.165, 1.54) is 0 Å². The van der Waals surface area contributed by atoms with Crippen molar-refractivity contribution in [3.63, 3.8) is 0 Å². The van der Waals surface area contributed by atoms with Gasteiger partial charge >= 0.3 is 0 Å². The molecule has 0 aromatic rings. The van der Waals surface area contributed by atoms with Gasteiger partial charge in [0.25, 0.3) is 0 Å². The van der Waals surface area contributed by atoms with E-state index in [1.54, 1.807) is 6.92 Å². The smallest absolute Gasteiger partial charge is 0.130 e. The van der Waals surface area contributed by atoms with Gasteiger partial charge in [-0.15, -0.1) is 0 Å². The van der Waals surface area contributed by atoms with Crippen molar-refractivity contribution in [2.45, 2.75) is 47.5 Å². The number of Topliss-reactive ketones (excluding diaryl/α,β-unsaturated/α-hetero) is 1. The molecule has 0 saturated heterocycles. The zero-order valence-corrected chi connectivity index (χ0v) is 10.2. The summed E-state index contributed by atoms with van der Waals surface area (Å²) >= 11 is 0. The predicted molar refractivity (Wildman–Crippen MR) is 59.4 cm³/mol. The van der Waals surface area contributed by atoms with Crippen molar-refractivity contribution in [2.75, 3.05) is 13.2 Å². The molecular formula is C12H24O2. The summed E-state index contributed by atoms with van der Waals surface area (Å²) < 4.78 is 5.60. The highest BCUT2D eigenvalue weighted by Gasteiger charge is 2.15. The highest BCUT2D eigenvalue weighted by Crippen LogP contribution is 2.20. The van der Waals surface area contributed by atoms with Crippen LogP contribution in [0.1, 0.15) is 47.5 Å². The van der Waals surface area contributed by atoms with E-state index < -0.39 is 0 Å². The van der Waals surface area contributed by atoms with Crippen molar-refractivity contribution in [3.8, 4) is 0 Å². The number of ketones is 1. The van der Waals surface area contributed by atoms with E-state index in [-0.39, 0.29) is 11.2 Å². The highest BCUT2D eigenvalue weighted by atomic mass is 16.5. The molecule has 0 aromatic heterocycles. The Labute approximate surface area is 88.0 Å². The molecule has 0 fully saturated rings. The van der Waals surface area contributed by atoms with Crippen molar-refractivity contribution in [3.05, 3.63) is 0 Å². The van der Waals surface area contributed by atoms with Gasteiger partial charge in [-0.05, 0) is 24.7 Å². The Morgan fingerprint density at radius 2 is 2.00 bits per heavy atom. The molecule has 2 nitrogen and oxygen atoms in total. The molecule has 0 amide bonds. The molecule has 0 spiro atoms. The zero-order valence-electron chi connectivity index (χ0n) is 10.2. The summed E-state index contributed by atoms with van der Waals surface area (Å²) in [4.78, 5) is 10.8. The van der Waals surface area contributed by atoms with Gasteiger partial charge in [0.2, 0.25) is 0 Å². The van der Waals surface area contributed by atoms with Crippen LogP contribution >= 0.6 is 0 Å². The van der Waals surface area contributed by atoms with E-state index in [2.05, 4.69) is 27.7 Å². The van der Waals surface area contributed by atoms with Crippen LogP contribution in [0.25, 0.3) is 0 Å².